The fourth-order valence-corrected chi connectivity index (χ4v) is 0.314. The summed E-state index contributed by atoms with van der Waals surface area (Å²) in [5.74, 6) is 0. The van der Waals surface area contributed by atoms with Crippen LogP contribution in [0.3, 0.4) is 0 Å². The van der Waals surface area contributed by atoms with Gasteiger partial charge in [-0.2, -0.15) is 0 Å². The summed E-state index contributed by atoms with van der Waals surface area (Å²) in [4.78, 5) is 4.64. The first-order valence-electron chi connectivity index (χ1n) is 3.07. The minimum atomic E-state index is 0.0933. The van der Waals surface area contributed by atoms with Crippen LogP contribution in [-0.2, 0) is 9.57 Å². The molecule has 0 aliphatic rings. The molecule has 0 amide bonds. The smallest absolute Gasteiger partial charge is 0.216 e. The van der Waals surface area contributed by atoms with Gasteiger partial charge in [-0.1, -0.05) is 10.3 Å². The van der Waals surface area contributed by atoms with Crippen LogP contribution in [0.25, 0.3) is 0 Å². The van der Waals surface area contributed by atoms with E-state index in [0.29, 0.717) is 11.4 Å². The first-order valence-corrected chi connectivity index (χ1v) is 3.07. The largest absolute Gasteiger partial charge is 0.411 e. The standard InChI is InChI=1S/C6H12N2O3/c1-5(7-9)6(2)8-11-4-10-3/h9H,4H2,1-3H3/b7-5+,8-6+. The molecule has 0 bridgehead atoms. The van der Waals surface area contributed by atoms with Gasteiger partial charge in [0.05, 0.1) is 0 Å². The van der Waals surface area contributed by atoms with E-state index in [9.17, 15) is 0 Å². The van der Waals surface area contributed by atoms with Crippen LogP contribution in [0.4, 0.5) is 0 Å². The lowest BCUT2D eigenvalue weighted by Crippen LogP contribution is -2.06. The van der Waals surface area contributed by atoms with Crippen molar-refractivity contribution >= 4 is 11.4 Å². The van der Waals surface area contributed by atoms with Gasteiger partial charge in [-0.25, -0.2) is 0 Å². The summed E-state index contributed by atoms with van der Waals surface area (Å²) >= 11 is 0. The molecule has 0 atom stereocenters. The maximum atomic E-state index is 8.28. The molecule has 0 aromatic rings. The van der Waals surface area contributed by atoms with E-state index in [4.69, 9.17) is 5.21 Å². The maximum absolute atomic E-state index is 8.28. The Bertz CT molecular complexity index is 165. The molecule has 0 heterocycles. The first kappa shape index (κ1) is 9.90. The molecule has 0 fully saturated rings. The molecule has 0 aromatic carbocycles. The van der Waals surface area contributed by atoms with Crippen molar-refractivity contribution in [1.82, 2.24) is 0 Å². The molecule has 0 aliphatic heterocycles. The summed E-state index contributed by atoms with van der Waals surface area (Å²) in [5.41, 5.74) is 0.936. The van der Waals surface area contributed by atoms with E-state index in [2.05, 4.69) is 19.9 Å². The number of ether oxygens (including phenoxy) is 1. The van der Waals surface area contributed by atoms with Crippen molar-refractivity contribution in [3.63, 3.8) is 0 Å². The predicted molar refractivity (Wildman–Crippen MR) is 41.0 cm³/mol. The molecular weight excluding hydrogens is 148 g/mol. The van der Waals surface area contributed by atoms with Gasteiger partial charge in [0, 0.05) is 7.11 Å². The van der Waals surface area contributed by atoms with E-state index in [0.717, 1.165) is 0 Å². The summed E-state index contributed by atoms with van der Waals surface area (Å²) in [6.07, 6.45) is 0. The lowest BCUT2D eigenvalue weighted by Gasteiger charge is -1.97. The van der Waals surface area contributed by atoms with Crippen LogP contribution in [0.5, 0.6) is 0 Å². The summed E-state index contributed by atoms with van der Waals surface area (Å²) in [6, 6.07) is 0. The Morgan fingerprint density at radius 1 is 1.36 bits per heavy atom. The van der Waals surface area contributed by atoms with E-state index in [1.807, 2.05) is 0 Å². The number of nitrogens with zero attached hydrogens (tertiary/aromatic N) is 2. The Balaban J connectivity index is 3.81. The topological polar surface area (TPSA) is 63.4 Å². The number of rotatable bonds is 4. The van der Waals surface area contributed by atoms with Crippen LogP contribution >= 0.6 is 0 Å². The number of hydrogen-bond donors (Lipinski definition) is 1. The number of oxime groups is 2. The van der Waals surface area contributed by atoms with Crippen molar-refractivity contribution in [2.24, 2.45) is 10.3 Å². The second kappa shape index (κ2) is 5.67. The van der Waals surface area contributed by atoms with Gasteiger partial charge < -0.3 is 14.8 Å². The molecule has 1 N–H and O–H groups in total. The van der Waals surface area contributed by atoms with Gasteiger partial charge in [0.2, 0.25) is 6.79 Å². The van der Waals surface area contributed by atoms with Gasteiger partial charge in [-0.15, -0.1) is 0 Å². The lowest BCUT2D eigenvalue weighted by atomic mass is 10.3. The molecule has 0 saturated carbocycles. The van der Waals surface area contributed by atoms with Crippen LogP contribution in [0.15, 0.2) is 10.3 Å². The van der Waals surface area contributed by atoms with Crippen LogP contribution in [0.1, 0.15) is 13.8 Å². The monoisotopic (exact) mass is 160 g/mol. The molecule has 0 unspecified atom stereocenters. The fourth-order valence-electron chi connectivity index (χ4n) is 0.314. The Kier molecular flexibility index (Phi) is 5.10. The SMILES string of the molecule is COCO/N=C(C)/C(C)=N/O. The maximum Gasteiger partial charge on any atom is 0.216 e. The lowest BCUT2D eigenvalue weighted by molar-refractivity contribution is -0.0280. The van der Waals surface area contributed by atoms with Crippen LogP contribution in [-0.4, -0.2) is 30.5 Å². The second-order valence-electron chi connectivity index (χ2n) is 1.90. The zero-order chi connectivity index (χ0) is 8.69. The third-order valence-electron chi connectivity index (χ3n) is 1.05. The van der Waals surface area contributed by atoms with Gasteiger partial charge in [-0.05, 0) is 13.8 Å². The minimum Gasteiger partial charge on any atom is -0.411 e. The highest BCUT2D eigenvalue weighted by molar-refractivity contribution is 6.40. The first-order chi connectivity index (χ1) is 5.22. The fraction of sp³-hybridized carbons (Fsp3) is 0.667. The summed E-state index contributed by atoms with van der Waals surface area (Å²) in [7, 11) is 1.50. The summed E-state index contributed by atoms with van der Waals surface area (Å²) < 4.78 is 4.57. The van der Waals surface area contributed by atoms with Gasteiger partial charge in [-0.3, -0.25) is 0 Å². The Labute approximate surface area is 65.3 Å². The van der Waals surface area contributed by atoms with Crippen LogP contribution in [0.2, 0.25) is 0 Å². The molecule has 0 rings (SSSR count). The highest BCUT2D eigenvalue weighted by Gasteiger charge is 1.95. The van der Waals surface area contributed by atoms with Crippen molar-refractivity contribution in [3.05, 3.63) is 0 Å². The molecule has 11 heavy (non-hydrogen) atoms. The zero-order valence-corrected chi connectivity index (χ0v) is 6.87. The molecule has 5 heteroatoms. The minimum absolute atomic E-state index is 0.0933. The van der Waals surface area contributed by atoms with Crippen molar-refractivity contribution in [3.8, 4) is 0 Å². The molecule has 5 nitrogen and oxygen atoms in total. The second-order valence-corrected chi connectivity index (χ2v) is 1.90. The average molecular weight is 160 g/mol. The highest BCUT2D eigenvalue weighted by Crippen LogP contribution is 1.85. The van der Waals surface area contributed by atoms with Crippen molar-refractivity contribution in [2.45, 2.75) is 13.8 Å². The molecule has 0 spiro atoms. The van der Waals surface area contributed by atoms with Gasteiger partial charge in [0.25, 0.3) is 0 Å². The van der Waals surface area contributed by atoms with Gasteiger partial charge in [0.15, 0.2) is 0 Å². The van der Waals surface area contributed by atoms with Gasteiger partial charge in [0.1, 0.15) is 11.4 Å². The van der Waals surface area contributed by atoms with E-state index in [1.54, 1.807) is 13.8 Å². The van der Waals surface area contributed by atoms with E-state index < -0.39 is 0 Å². The summed E-state index contributed by atoms with van der Waals surface area (Å²) in [5, 5.41) is 14.8. The predicted octanol–water partition coefficient (Wildman–Crippen LogP) is 0.833. The Hall–Kier alpha value is -1.10. The average Bonchev–Trinajstić information content (AvgIpc) is 2.03. The molecule has 0 saturated heterocycles. The number of hydrogen-bond acceptors (Lipinski definition) is 5. The number of methoxy groups -OCH3 is 1. The Morgan fingerprint density at radius 3 is 2.45 bits per heavy atom. The van der Waals surface area contributed by atoms with Crippen LogP contribution < -0.4 is 0 Å². The normalized spacial score (nSPS) is 13.4. The van der Waals surface area contributed by atoms with Crippen molar-refractivity contribution in [2.75, 3.05) is 13.9 Å². The zero-order valence-electron chi connectivity index (χ0n) is 6.87. The highest BCUT2D eigenvalue weighted by atomic mass is 16.7. The van der Waals surface area contributed by atoms with Crippen molar-refractivity contribution < 1.29 is 14.8 Å². The molecule has 0 aliphatic carbocycles. The molecule has 0 radical (unpaired) electrons. The van der Waals surface area contributed by atoms with Crippen LogP contribution in [0, 0.1) is 0 Å². The molecule has 0 aromatic heterocycles. The molecule has 64 valence electrons. The van der Waals surface area contributed by atoms with E-state index in [-0.39, 0.29) is 6.79 Å². The van der Waals surface area contributed by atoms with Gasteiger partial charge >= 0.3 is 0 Å². The third kappa shape index (κ3) is 4.32. The van der Waals surface area contributed by atoms with E-state index in [1.165, 1.54) is 7.11 Å². The van der Waals surface area contributed by atoms with E-state index >= 15 is 0 Å². The third-order valence-corrected chi connectivity index (χ3v) is 1.05. The quantitative estimate of drug-likeness (QED) is 0.218. The Morgan fingerprint density at radius 2 is 2.00 bits per heavy atom. The molecular formula is C6H12N2O3. The summed E-state index contributed by atoms with van der Waals surface area (Å²) in [6.45, 7) is 3.38. The van der Waals surface area contributed by atoms with Crippen molar-refractivity contribution in [1.29, 1.82) is 0 Å².